The van der Waals surface area contributed by atoms with Gasteiger partial charge in [-0.1, -0.05) is 31.6 Å². The van der Waals surface area contributed by atoms with Gasteiger partial charge in [0.1, 0.15) is 0 Å². The summed E-state index contributed by atoms with van der Waals surface area (Å²) in [4.78, 5) is 2.22. The van der Waals surface area contributed by atoms with Crippen molar-refractivity contribution in [3.05, 3.63) is 23.4 Å². The average Bonchev–Trinajstić information content (AvgIpc) is 2.12. The molecule has 0 aromatic heterocycles. The van der Waals surface area contributed by atoms with Crippen LogP contribution in [0.15, 0.2) is 23.4 Å². The first-order chi connectivity index (χ1) is 6.29. The van der Waals surface area contributed by atoms with Crippen LogP contribution in [0.1, 0.15) is 41.5 Å². The molecular formula is C13H25N. The second-order valence-corrected chi connectivity index (χ2v) is 4.54. The summed E-state index contributed by atoms with van der Waals surface area (Å²) < 4.78 is 0. The number of nitrogens with zero attached hydrogens (tertiary/aromatic N) is 1. The van der Waals surface area contributed by atoms with E-state index < -0.39 is 0 Å². The maximum absolute atomic E-state index is 3.97. The Labute approximate surface area is 89.5 Å². The molecule has 0 aromatic carbocycles. The van der Waals surface area contributed by atoms with Crippen molar-refractivity contribution < 1.29 is 0 Å². The molecule has 0 bridgehead atoms. The molecule has 1 unspecified atom stereocenters. The zero-order valence-corrected chi connectivity index (χ0v) is 10.8. The SMILES string of the molecule is C=C(C)N(C)C(C)/C(C)=C(/C)C(C)C. The number of hydrogen-bond acceptors (Lipinski definition) is 1. The Morgan fingerprint density at radius 1 is 1.00 bits per heavy atom. The molecule has 0 fully saturated rings. The molecule has 0 spiro atoms. The maximum atomic E-state index is 3.97. The van der Waals surface area contributed by atoms with Crippen molar-refractivity contribution in [2.45, 2.75) is 47.6 Å². The number of rotatable bonds is 4. The molecule has 0 N–H and O–H groups in total. The minimum absolute atomic E-state index is 0.454. The second-order valence-electron chi connectivity index (χ2n) is 4.54. The number of hydrogen-bond donors (Lipinski definition) is 0. The molecular weight excluding hydrogens is 170 g/mol. The summed E-state index contributed by atoms with van der Waals surface area (Å²) in [5, 5.41) is 0. The molecule has 1 nitrogen and oxygen atoms in total. The molecule has 0 saturated heterocycles. The molecule has 0 rings (SSSR count). The fraction of sp³-hybridized carbons (Fsp3) is 0.692. The number of allylic oxidation sites excluding steroid dienone is 2. The number of likely N-dealkylation sites (N-methyl/N-ethyl adjacent to an activating group) is 1. The van der Waals surface area contributed by atoms with Gasteiger partial charge < -0.3 is 4.90 Å². The van der Waals surface area contributed by atoms with E-state index in [1.54, 1.807) is 0 Å². The van der Waals surface area contributed by atoms with Crippen LogP contribution in [-0.2, 0) is 0 Å². The van der Waals surface area contributed by atoms with E-state index in [0.717, 1.165) is 5.70 Å². The normalized spacial score (nSPS) is 15.1. The molecule has 0 amide bonds. The largest absolute Gasteiger partial charge is 0.372 e. The van der Waals surface area contributed by atoms with Gasteiger partial charge >= 0.3 is 0 Å². The Balaban J connectivity index is 4.77. The summed E-state index contributed by atoms with van der Waals surface area (Å²) in [5.41, 5.74) is 4.07. The van der Waals surface area contributed by atoms with Crippen molar-refractivity contribution in [2.24, 2.45) is 5.92 Å². The summed E-state index contributed by atoms with van der Waals surface area (Å²) in [7, 11) is 2.10. The van der Waals surface area contributed by atoms with Gasteiger partial charge in [-0.3, -0.25) is 0 Å². The lowest BCUT2D eigenvalue weighted by molar-refractivity contribution is 0.358. The molecule has 0 aliphatic rings. The highest BCUT2D eigenvalue weighted by Gasteiger charge is 2.13. The Bertz CT molecular complexity index is 236. The molecule has 0 heterocycles. The minimum atomic E-state index is 0.454. The van der Waals surface area contributed by atoms with Crippen LogP contribution < -0.4 is 0 Å². The van der Waals surface area contributed by atoms with Crippen molar-refractivity contribution >= 4 is 0 Å². The van der Waals surface area contributed by atoms with E-state index >= 15 is 0 Å². The van der Waals surface area contributed by atoms with Crippen LogP contribution in [0.3, 0.4) is 0 Å². The molecule has 0 saturated carbocycles. The summed E-state index contributed by atoms with van der Waals surface area (Å²) in [6.45, 7) is 17.2. The lowest BCUT2D eigenvalue weighted by atomic mass is 9.95. The molecule has 1 atom stereocenters. The summed E-state index contributed by atoms with van der Waals surface area (Å²) >= 11 is 0. The van der Waals surface area contributed by atoms with Crippen LogP contribution in [0.25, 0.3) is 0 Å². The molecule has 14 heavy (non-hydrogen) atoms. The van der Waals surface area contributed by atoms with Gasteiger partial charge in [0.25, 0.3) is 0 Å². The van der Waals surface area contributed by atoms with E-state index in [2.05, 4.69) is 60.1 Å². The third kappa shape index (κ3) is 3.21. The van der Waals surface area contributed by atoms with Crippen LogP contribution >= 0.6 is 0 Å². The van der Waals surface area contributed by atoms with Gasteiger partial charge in [-0.2, -0.15) is 0 Å². The monoisotopic (exact) mass is 195 g/mol. The topological polar surface area (TPSA) is 3.24 Å². The van der Waals surface area contributed by atoms with Crippen LogP contribution in [0.5, 0.6) is 0 Å². The summed E-state index contributed by atoms with van der Waals surface area (Å²) in [6.07, 6.45) is 0. The van der Waals surface area contributed by atoms with Gasteiger partial charge in [0.15, 0.2) is 0 Å². The minimum Gasteiger partial charge on any atom is -0.372 e. The standard InChI is InChI=1S/C13H25N/c1-9(2)11(5)12(6)13(7)14(8)10(3)4/h9,13H,3H2,1-2,4-8H3/b12-11-. The highest BCUT2D eigenvalue weighted by Crippen LogP contribution is 2.20. The van der Waals surface area contributed by atoms with E-state index in [-0.39, 0.29) is 0 Å². The van der Waals surface area contributed by atoms with Gasteiger partial charge in [-0.25, -0.2) is 0 Å². The zero-order chi connectivity index (χ0) is 11.5. The van der Waals surface area contributed by atoms with Crippen LogP contribution in [0, 0.1) is 5.92 Å². The Morgan fingerprint density at radius 3 is 1.71 bits per heavy atom. The van der Waals surface area contributed by atoms with E-state index in [0.29, 0.717) is 12.0 Å². The van der Waals surface area contributed by atoms with Gasteiger partial charge in [0, 0.05) is 18.8 Å². The lowest BCUT2D eigenvalue weighted by Gasteiger charge is -2.29. The van der Waals surface area contributed by atoms with E-state index in [1.165, 1.54) is 11.1 Å². The zero-order valence-electron chi connectivity index (χ0n) is 10.8. The fourth-order valence-corrected chi connectivity index (χ4v) is 1.41. The van der Waals surface area contributed by atoms with E-state index in [1.807, 2.05) is 0 Å². The van der Waals surface area contributed by atoms with Crippen molar-refractivity contribution in [1.29, 1.82) is 0 Å². The predicted octanol–water partition coefficient (Wildman–Crippen LogP) is 3.83. The Kier molecular flexibility index (Phi) is 4.96. The molecule has 0 aliphatic carbocycles. The van der Waals surface area contributed by atoms with E-state index in [4.69, 9.17) is 0 Å². The first-order valence-electron chi connectivity index (χ1n) is 5.34. The predicted molar refractivity (Wildman–Crippen MR) is 65.3 cm³/mol. The molecule has 0 aromatic rings. The fourth-order valence-electron chi connectivity index (χ4n) is 1.41. The average molecular weight is 195 g/mol. The van der Waals surface area contributed by atoms with Gasteiger partial charge in [0.2, 0.25) is 0 Å². The maximum Gasteiger partial charge on any atom is 0.0467 e. The molecule has 0 aliphatic heterocycles. The van der Waals surface area contributed by atoms with Crippen LogP contribution in [0.2, 0.25) is 0 Å². The highest BCUT2D eigenvalue weighted by molar-refractivity contribution is 5.18. The molecule has 0 radical (unpaired) electrons. The summed E-state index contributed by atoms with van der Waals surface area (Å²) in [5.74, 6) is 0.635. The first kappa shape index (κ1) is 13.3. The van der Waals surface area contributed by atoms with Gasteiger partial charge in [0.05, 0.1) is 0 Å². The van der Waals surface area contributed by atoms with Crippen molar-refractivity contribution in [3.63, 3.8) is 0 Å². The van der Waals surface area contributed by atoms with Gasteiger partial charge in [-0.15, -0.1) is 0 Å². The molecule has 82 valence electrons. The smallest absolute Gasteiger partial charge is 0.0467 e. The van der Waals surface area contributed by atoms with Crippen LogP contribution in [-0.4, -0.2) is 18.0 Å². The van der Waals surface area contributed by atoms with Crippen molar-refractivity contribution in [2.75, 3.05) is 7.05 Å². The third-order valence-corrected chi connectivity index (χ3v) is 3.30. The molecule has 1 heteroatoms. The van der Waals surface area contributed by atoms with E-state index in [9.17, 15) is 0 Å². The second kappa shape index (κ2) is 5.23. The van der Waals surface area contributed by atoms with Crippen molar-refractivity contribution in [1.82, 2.24) is 4.90 Å². The van der Waals surface area contributed by atoms with Crippen molar-refractivity contribution in [3.8, 4) is 0 Å². The quantitative estimate of drug-likeness (QED) is 0.616. The van der Waals surface area contributed by atoms with Crippen LogP contribution in [0.4, 0.5) is 0 Å². The first-order valence-corrected chi connectivity index (χ1v) is 5.34. The van der Waals surface area contributed by atoms with Gasteiger partial charge in [-0.05, 0) is 33.6 Å². The Hall–Kier alpha value is -0.720. The Morgan fingerprint density at radius 2 is 1.43 bits per heavy atom. The highest BCUT2D eigenvalue weighted by atomic mass is 15.1. The summed E-state index contributed by atoms with van der Waals surface area (Å²) in [6, 6.07) is 0.454. The lowest BCUT2D eigenvalue weighted by Crippen LogP contribution is -2.28. The third-order valence-electron chi connectivity index (χ3n) is 3.30.